The molecule has 0 saturated carbocycles. The Hall–Kier alpha value is -2.71. The third kappa shape index (κ3) is 3.72. The van der Waals surface area contributed by atoms with Crippen LogP contribution in [0.3, 0.4) is 0 Å². The van der Waals surface area contributed by atoms with Crippen LogP contribution in [0.15, 0.2) is 59.5 Å². The number of para-hydroxylation sites is 1. The molecule has 1 saturated heterocycles. The van der Waals surface area contributed by atoms with E-state index in [0.29, 0.717) is 17.8 Å². The van der Waals surface area contributed by atoms with Crippen molar-refractivity contribution in [3.05, 3.63) is 54.6 Å². The fraction of sp³-hybridized carbons (Fsp3) is 0.263. The molecule has 1 aliphatic heterocycles. The first-order valence-electron chi connectivity index (χ1n) is 8.70. The molecule has 0 radical (unpaired) electrons. The Kier molecular flexibility index (Phi) is 5.29. The van der Waals surface area contributed by atoms with Crippen molar-refractivity contribution in [1.29, 1.82) is 0 Å². The first-order valence-corrected chi connectivity index (χ1v) is 10.2. The third-order valence-corrected chi connectivity index (χ3v) is 5.40. The first kappa shape index (κ1) is 19.1. The van der Waals surface area contributed by atoms with E-state index in [9.17, 15) is 18.0 Å². The number of hydrogen-bond donors (Lipinski definition) is 1. The molecule has 0 bridgehead atoms. The van der Waals surface area contributed by atoms with Gasteiger partial charge in [0.25, 0.3) is 11.8 Å². The van der Waals surface area contributed by atoms with Crippen LogP contribution in [0, 0.1) is 5.92 Å². The lowest BCUT2D eigenvalue weighted by Gasteiger charge is -2.27. The van der Waals surface area contributed by atoms with Crippen molar-refractivity contribution < 1.29 is 18.0 Å². The van der Waals surface area contributed by atoms with E-state index in [0.717, 1.165) is 12.8 Å². The summed E-state index contributed by atoms with van der Waals surface area (Å²) in [5.74, 6) is -1.35. The van der Waals surface area contributed by atoms with Crippen molar-refractivity contribution in [2.75, 3.05) is 10.0 Å². The van der Waals surface area contributed by atoms with Crippen LogP contribution < -0.4 is 15.2 Å². The van der Waals surface area contributed by atoms with Gasteiger partial charge in [0.1, 0.15) is 5.92 Å². The lowest BCUT2D eigenvalue weighted by Crippen LogP contribution is -2.41. The maximum absolute atomic E-state index is 13.0. The maximum atomic E-state index is 13.0. The number of amides is 2. The van der Waals surface area contributed by atoms with Gasteiger partial charge in [-0.1, -0.05) is 38.0 Å². The van der Waals surface area contributed by atoms with Gasteiger partial charge >= 0.3 is 0 Å². The van der Waals surface area contributed by atoms with Crippen molar-refractivity contribution in [2.24, 2.45) is 11.1 Å². The zero-order valence-corrected chi connectivity index (χ0v) is 15.7. The second-order valence-corrected chi connectivity index (χ2v) is 7.93. The summed E-state index contributed by atoms with van der Waals surface area (Å²) >= 11 is 0. The average Bonchev–Trinajstić information content (AvgIpc) is 2.90. The molecule has 8 heteroatoms. The molecule has 0 aliphatic carbocycles. The van der Waals surface area contributed by atoms with Crippen LogP contribution >= 0.6 is 0 Å². The molecule has 2 amide bonds. The second kappa shape index (κ2) is 7.50. The van der Waals surface area contributed by atoms with E-state index in [4.69, 9.17) is 5.14 Å². The molecular weight excluding hydrogens is 366 g/mol. The molecule has 2 N–H and O–H groups in total. The van der Waals surface area contributed by atoms with E-state index in [2.05, 4.69) is 0 Å². The maximum Gasteiger partial charge on any atom is 0.258 e. The molecule has 27 heavy (non-hydrogen) atoms. The van der Waals surface area contributed by atoms with Crippen LogP contribution in [-0.2, 0) is 19.6 Å². The number of hydrogen-bond acceptors (Lipinski definition) is 4. The van der Waals surface area contributed by atoms with Gasteiger partial charge in [-0.3, -0.25) is 9.59 Å². The SMILES string of the molecule is CCCCC1C(=O)N(c2ccccc2)N(c2ccc(S(N)(=O)=O)cc2)C1=O. The van der Waals surface area contributed by atoms with Crippen molar-refractivity contribution in [3.63, 3.8) is 0 Å². The average molecular weight is 387 g/mol. The summed E-state index contributed by atoms with van der Waals surface area (Å²) in [7, 11) is -3.84. The minimum atomic E-state index is -3.84. The van der Waals surface area contributed by atoms with Gasteiger partial charge in [0.05, 0.1) is 16.3 Å². The smallest absolute Gasteiger partial charge is 0.258 e. The first-order chi connectivity index (χ1) is 12.8. The number of carbonyl (C=O) groups is 2. The van der Waals surface area contributed by atoms with Crippen LogP contribution in [0.5, 0.6) is 0 Å². The Bertz CT molecular complexity index is 943. The number of benzene rings is 2. The van der Waals surface area contributed by atoms with Crippen LogP contribution in [0.25, 0.3) is 0 Å². The van der Waals surface area contributed by atoms with Crippen molar-refractivity contribution in [1.82, 2.24) is 0 Å². The molecule has 1 atom stereocenters. The molecule has 0 spiro atoms. The third-order valence-electron chi connectivity index (χ3n) is 4.47. The van der Waals surface area contributed by atoms with Crippen LogP contribution in [-0.4, -0.2) is 20.2 Å². The molecule has 2 aromatic rings. The number of anilines is 2. The zero-order valence-electron chi connectivity index (χ0n) is 14.9. The summed E-state index contributed by atoms with van der Waals surface area (Å²) in [5, 5.41) is 7.80. The molecule has 1 fully saturated rings. The van der Waals surface area contributed by atoms with E-state index >= 15 is 0 Å². The molecule has 2 aromatic carbocycles. The van der Waals surface area contributed by atoms with E-state index in [1.54, 1.807) is 24.3 Å². The summed E-state index contributed by atoms with van der Waals surface area (Å²) < 4.78 is 22.9. The summed E-state index contributed by atoms with van der Waals surface area (Å²) in [4.78, 5) is 25.9. The Labute approximate surface area is 158 Å². The predicted molar refractivity (Wildman–Crippen MR) is 102 cm³/mol. The highest BCUT2D eigenvalue weighted by Crippen LogP contribution is 2.34. The highest BCUT2D eigenvalue weighted by atomic mass is 32.2. The van der Waals surface area contributed by atoms with E-state index < -0.39 is 15.9 Å². The topological polar surface area (TPSA) is 101 Å². The van der Waals surface area contributed by atoms with Crippen LogP contribution in [0.1, 0.15) is 26.2 Å². The largest absolute Gasteiger partial charge is 0.272 e. The normalized spacial score (nSPS) is 17.6. The van der Waals surface area contributed by atoms with Gasteiger partial charge in [-0.05, 0) is 42.8 Å². The van der Waals surface area contributed by atoms with Gasteiger partial charge in [0, 0.05) is 0 Å². The fourth-order valence-electron chi connectivity index (χ4n) is 3.08. The summed E-state index contributed by atoms with van der Waals surface area (Å²) in [5.41, 5.74) is 0.981. The monoisotopic (exact) mass is 387 g/mol. The lowest BCUT2D eigenvalue weighted by atomic mass is 10.0. The fourth-order valence-corrected chi connectivity index (χ4v) is 3.60. The van der Waals surface area contributed by atoms with E-state index in [1.165, 1.54) is 34.3 Å². The molecule has 7 nitrogen and oxygen atoms in total. The van der Waals surface area contributed by atoms with Gasteiger partial charge in [0.2, 0.25) is 10.0 Å². The molecule has 3 rings (SSSR count). The highest BCUT2D eigenvalue weighted by molar-refractivity contribution is 7.89. The summed E-state index contributed by atoms with van der Waals surface area (Å²) in [6.07, 6.45) is 2.12. The number of unbranched alkanes of at least 4 members (excludes halogenated alkanes) is 1. The van der Waals surface area contributed by atoms with Crippen molar-refractivity contribution in [2.45, 2.75) is 31.1 Å². The van der Waals surface area contributed by atoms with Crippen LogP contribution in [0.4, 0.5) is 11.4 Å². The van der Waals surface area contributed by atoms with Crippen molar-refractivity contribution in [3.8, 4) is 0 Å². The van der Waals surface area contributed by atoms with Gasteiger partial charge in [-0.2, -0.15) is 0 Å². The highest BCUT2D eigenvalue weighted by Gasteiger charge is 2.46. The number of carbonyl (C=O) groups excluding carboxylic acids is 2. The molecule has 142 valence electrons. The zero-order chi connectivity index (χ0) is 19.6. The second-order valence-electron chi connectivity index (χ2n) is 6.37. The van der Waals surface area contributed by atoms with Crippen molar-refractivity contribution >= 4 is 33.2 Å². The Balaban J connectivity index is 2.03. The van der Waals surface area contributed by atoms with Gasteiger partial charge in [-0.25, -0.2) is 23.6 Å². The van der Waals surface area contributed by atoms with E-state index in [1.807, 2.05) is 13.0 Å². The molecular formula is C19H21N3O4S. The lowest BCUT2D eigenvalue weighted by molar-refractivity contribution is -0.127. The predicted octanol–water partition coefficient (Wildman–Crippen LogP) is 2.44. The molecule has 1 unspecified atom stereocenters. The number of hydrazine groups is 1. The standard InChI is InChI=1S/C19H21N3O4S/c1-2-3-9-17-18(23)21(14-7-5-4-6-8-14)22(19(17)24)15-10-12-16(13-11-15)27(20,25)26/h4-8,10-13,17H,2-3,9H2,1H3,(H2,20,25,26). The minimum Gasteiger partial charge on any atom is -0.272 e. The number of nitrogens with two attached hydrogens (primary N) is 1. The minimum absolute atomic E-state index is 0.0574. The number of rotatable bonds is 6. The quantitative estimate of drug-likeness (QED) is 0.769. The molecule has 0 aromatic heterocycles. The Morgan fingerprint density at radius 2 is 1.41 bits per heavy atom. The van der Waals surface area contributed by atoms with Gasteiger partial charge in [0.15, 0.2) is 0 Å². The van der Waals surface area contributed by atoms with Gasteiger partial charge in [-0.15, -0.1) is 0 Å². The number of primary sulfonamides is 1. The molecule has 1 aliphatic rings. The van der Waals surface area contributed by atoms with E-state index in [-0.39, 0.29) is 16.7 Å². The molecule has 1 heterocycles. The number of nitrogens with zero attached hydrogens (tertiary/aromatic N) is 2. The summed E-state index contributed by atoms with van der Waals surface area (Å²) in [6, 6.07) is 14.5. The summed E-state index contributed by atoms with van der Waals surface area (Å²) in [6.45, 7) is 2.00. The number of sulfonamides is 1. The Morgan fingerprint density at radius 3 is 1.89 bits per heavy atom. The van der Waals surface area contributed by atoms with Crippen LogP contribution in [0.2, 0.25) is 0 Å². The van der Waals surface area contributed by atoms with Gasteiger partial charge < -0.3 is 0 Å². The Morgan fingerprint density at radius 1 is 0.889 bits per heavy atom.